The predicted molar refractivity (Wildman–Crippen MR) is 61.3 cm³/mol. The Kier molecular flexibility index (Phi) is 2.08. The van der Waals surface area contributed by atoms with Gasteiger partial charge in [0.05, 0.1) is 5.41 Å². The molecule has 0 bridgehead atoms. The van der Waals surface area contributed by atoms with Gasteiger partial charge < -0.3 is 4.74 Å². The third-order valence-electron chi connectivity index (χ3n) is 3.39. The minimum atomic E-state index is -0.427. The summed E-state index contributed by atoms with van der Waals surface area (Å²) in [6.45, 7) is 0.399. The fraction of sp³-hybridized carbons (Fsp3) is 0.308. The maximum absolute atomic E-state index is 11.8. The molecule has 1 aliphatic heterocycles. The van der Waals surface area contributed by atoms with Gasteiger partial charge in [-0.15, -0.1) is 0 Å². The summed E-state index contributed by atoms with van der Waals surface area (Å²) in [4.78, 5) is 11.8. The number of ether oxygens (including phenoxy) is 1. The van der Waals surface area contributed by atoms with E-state index in [1.807, 2.05) is 36.4 Å². The maximum atomic E-state index is 11.8. The fourth-order valence-corrected chi connectivity index (χ4v) is 2.69. The van der Waals surface area contributed by atoms with Crippen molar-refractivity contribution < 1.29 is 9.53 Å². The topological polar surface area (TPSA) is 26.3 Å². The SMILES string of the molecule is O=C1OCC=C[C@@]12C[C@@H]2c1ccccc1Cl. The van der Waals surface area contributed by atoms with Gasteiger partial charge in [-0.05, 0) is 18.1 Å². The molecule has 0 saturated heterocycles. The lowest BCUT2D eigenvalue weighted by Crippen LogP contribution is -2.22. The van der Waals surface area contributed by atoms with Crippen LogP contribution in [-0.4, -0.2) is 12.6 Å². The van der Waals surface area contributed by atoms with E-state index in [0.29, 0.717) is 6.61 Å². The minimum absolute atomic E-state index is 0.111. The molecule has 0 N–H and O–H groups in total. The van der Waals surface area contributed by atoms with Crippen molar-refractivity contribution in [3.63, 3.8) is 0 Å². The molecule has 2 nitrogen and oxygen atoms in total. The summed E-state index contributed by atoms with van der Waals surface area (Å²) in [5.41, 5.74) is 0.621. The highest BCUT2D eigenvalue weighted by Crippen LogP contribution is 2.62. The summed E-state index contributed by atoms with van der Waals surface area (Å²) in [5, 5.41) is 0.733. The van der Waals surface area contributed by atoms with Gasteiger partial charge in [-0.2, -0.15) is 0 Å². The number of carbonyl (C=O) groups excluding carboxylic acids is 1. The molecule has 82 valence electrons. The lowest BCUT2D eigenvalue weighted by Gasteiger charge is -2.16. The van der Waals surface area contributed by atoms with Gasteiger partial charge in [0.15, 0.2) is 0 Å². The highest BCUT2D eigenvalue weighted by atomic mass is 35.5. The molecule has 0 unspecified atom stereocenters. The summed E-state index contributed by atoms with van der Waals surface area (Å²) >= 11 is 6.13. The summed E-state index contributed by atoms with van der Waals surface area (Å²) in [7, 11) is 0. The molecule has 2 aliphatic rings. The van der Waals surface area contributed by atoms with Crippen molar-refractivity contribution in [3.05, 3.63) is 47.0 Å². The van der Waals surface area contributed by atoms with Crippen molar-refractivity contribution in [2.45, 2.75) is 12.3 Å². The number of esters is 1. The Morgan fingerprint density at radius 2 is 2.19 bits per heavy atom. The first-order chi connectivity index (χ1) is 7.74. The zero-order valence-corrected chi connectivity index (χ0v) is 9.41. The van der Waals surface area contributed by atoms with Crippen LogP contribution in [0.1, 0.15) is 17.9 Å². The zero-order chi connectivity index (χ0) is 11.2. The molecule has 0 radical (unpaired) electrons. The van der Waals surface area contributed by atoms with Crippen LogP contribution in [0.15, 0.2) is 36.4 Å². The van der Waals surface area contributed by atoms with Gasteiger partial charge in [-0.25, -0.2) is 0 Å². The van der Waals surface area contributed by atoms with Gasteiger partial charge in [0.2, 0.25) is 0 Å². The molecule has 2 atom stereocenters. The van der Waals surface area contributed by atoms with Crippen LogP contribution in [-0.2, 0) is 9.53 Å². The Labute approximate surface area is 98.9 Å². The van der Waals surface area contributed by atoms with E-state index in [1.165, 1.54) is 0 Å². The molecule has 3 heteroatoms. The first-order valence-electron chi connectivity index (χ1n) is 5.33. The molecular weight excluding hydrogens is 224 g/mol. The van der Waals surface area contributed by atoms with Crippen LogP contribution in [0.2, 0.25) is 5.02 Å². The van der Waals surface area contributed by atoms with Crippen LogP contribution >= 0.6 is 11.6 Å². The quantitative estimate of drug-likeness (QED) is 0.552. The Bertz CT molecular complexity index is 481. The third kappa shape index (κ3) is 1.30. The second-order valence-electron chi connectivity index (χ2n) is 4.32. The van der Waals surface area contributed by atoms with Crippen molar-refractivity contribution in [1.82, 2.24) is 0 Å². The zero-order valence-electron chi connectivity index (χ0n) is 8.65. The molecule has 0 amide bonds. The van der Waals surface area contributed by atoms with Crippen LogP contribution in [0.3, 0.4) is 0 Å². The molecule has 16 heavy (non-hydrogen) atoms. The highest BCUT2D eigenvalue weighted by Gasteiger charge is 2.61. The van der Waals surface area contributed by atoms with E-state index >= 15 is 0 Å². The molecule has 0 aromatic heterocycles. The predicted octanol–water partition coefficient (Wildman–Crippen LogP) is 2.93. The fourth-order valence-electron chi connectivity index (χ4n) is 2.42. The third-order valence-corrected chi connectivity index (χ3v) is 3.73. The van der Waals surface area contributed by atoms with Gasteiger partial charge in [-0.1, -0.05) is 42.0 Å². The largest absolute Gasteiger partial charge is 0.461 e. The van der Waals surface area contributed by atoms with E-state index in [4.69, 9.17) is 16.3 Å². The first-order valence-corrected chi connectivity index (χ1v) is 5.71. The molecule has 1 aromatic rings. The normalized spacial score (nSPS) is 31.6. The average Bonchev–Trinajstić information content (AvgIpc) is 2.99. The molecular formula is C13H11ClO2. The number of hydrogen-bond acceptors (Lipinski definition) is 2. The summed E-state index contributed by atoms with van der Waals surface area (Å²) in [6.07, 6.45) is 4.71. The van der Waals surface area contributed by atoms with E-state index in [1.54, 1.807) is 0 Å². The standard InChI is InChI=1S/C13H11ClO2/c14-11-5-2-1-4-9(11)10-8-13(10)6-3-7-16-12(13)15/h1-6,10H,7-8H2/t10-,13+/m1/s1. The molecule has 1 aliphatic carbocycles. The molecule has 1 heterocycles. The minimum Gasteiger partial charge on any atom is -0.461 e. The number of rotatable bonds is 1. The monoisotopic (exact) mass is 234 g/mol. The molecule has 1 fully saturated rings. The second-order valence-corrected chi connectivity index (χ2v) is 4.73. The number of benzene rings is 1. The van der Waals surface area contributed by atoms with Gasteiger partial charge >= 0.3 is 5.97 Å². The van der Waals surface area contributed by atoms with E-state index < -0.39 is 5.41 Å². The van der Waals surface area contributed by atoms with E-state index in [2.05, 4.69) is 0 Å². The smallest absolute Gasteiger partial charge is 0.316 e. The Balaban J connectivity index is 1.96. The van der Waals surface area contributed by atoms with Gasteiger partial charge in [-0.3, -0.25) is 4.79 Å². The van der Waals surface area contributed by atoms with E-state index in [-0.39, 0.29) is 11.9 Å². The van der Waals surface area contributed by atoms with Crippen LogP contribution in [0.25, 0.3) is 0 Å². The van der Waals surface area contributed by atoms with Crippen molar-refractivity contribution in [1.29, 1.82) is 0 Å². The molecule has 1 spiro atoms. The summed E-state index contributed by atoms with van der Waals surface area (Å²) < 4.78 is 5.08. The second kappa shape index (κ2) is 3.36. The summed E-state index contributed by atoms with van der Waals surface area (Å²) in [6, 6.07) is 7.69. The lowest BCUT2D eigenvalue weighted by atomic mass is 9.97. The van der Waals surface area contributed by atoms with Crippen LogP contribution in [0, 0.1) is 5.41 Å². The Morgan fingerprint density at radius 1 is 1.38 bits per heavy atom. The highest BCUT2D eigenvalue weighted by molar-refractivity contribution is 6.31. The lowest BCUT2D eigenvalue weighted by molar-refractivity contribution is -0.148. The number of halogens is 1. The first kappa shape index (κ1) is 9.91. The van der Waals surface area contributed by atoms with Crippen molar-refractivity contribution in [2.24, 2.45) is 5.41 Å². The maximum Gasteiger partial charge on any atom is 0.316 e. The van der Waals surface area contributed by atoms with Crippen LogP contribution < -0.4 is 0 Å². The number of carbonyl (C=O) groups is 1. The van der Waals surface area contributed by atoms with Crippen LogP contribution in [0.5, 0.6) is 0 Å². The summed E-state index contributed by atoms with van der Waals surface area (Å²) in [5.74, 6) is 0.0742. The Hall–Kier alpha value is -1.28. The van der Waals surface area contributed by atoms with Gasteiger partial charge in [0.25, 0.3) is 0 Å². The Morgan fingerprint density at radius 3 is 2.94 bits per heavy atom. The molecule has 3 rings (SSSR count). The van der Waals surface area contributed by atoms with Gasteiger partial charge in [0.1, 0.15) is 6.61 Å². The van der Waals surface area contributed by atoms with Gasteiger partial charge in [0, 0.05) is 10.9 Å². The van der Waals surface area contributed by atoms with Crippen molar-refractivity contribution in [2.75, 3.05) is 6.61 Å². The van der Waals surface area contributed by atoms with Crippen LogP contribution in [0.4, 0.5) is 0 Å². The number of hydrogen-bond donors (Lipinski definition) is 0. The molecule has 1 saturated carbocycles. The van der Waals surface area contributed by atoms with E-state index in [9.17, 15) is 4.79 Å². The van der Waals surface area contributed by atoms with Crippen molar-refractivity contribution >= 4 is 17.6 Å². The number of cyclic esters (lactones) is 1. The van der Waals surface area contributed by atoms with E-state index in [0.717, 1.165) is 17.0 Å². The average molecular weight is 235 g/mol. The molecule has 1 aromatic carbocycles. The van der Waals surface area contributed by atoms with Crippen molar-refractivity contribution in [3.8, 4) is 0 Å².